The van der Waals surface area contributed by atoms with Crippen LogP contribution in [0, 0.1) is 0 Å². The van der Waals surface area contributed by atoms with Crippen LogP contribution >= 0.6 is 0 Å². The zero-order chi connectivity index (χ0) is 21.5. The third-order valence-corrected chi connectivity index (χ3v) is 7.31. The molecule has 1 aliphatic heterocycles. The van der Waals surface area contributed by atoms with Crippen molar-refractivity contribution in [1.82, 2.24) is 23.8 Å². The number of hydrogen-bond donors (Lipinski definition) is 0. The molecule has 0 radical (unpaired) electrons. The molecule has 1 aliphatic rings. The Morgan fingerprint density at radius 3 is 2.53 bits per heavy atom. The lowest BCUT2D eigenvalue weighted by Gasteiger charge is -2.30. The summed E-state index contributed by atoms with van der Waals surface area (Å²) in [6, 6.07) is 4.21. The van der Waals surface area contributed by atoms with Gasteiger partial charge in [-0.3, -0.25) is 4.98 Å². The lowest BCUT2D eigenvalue weighted by Crippen LogP contribution is -2.37. The van der Waals surface area contributed by atoms with Crippen molar-refractivity contribution in [3.63, 3.8) is 0 Å². The Balaban J connectivity index is 1.58. The zero-order valence-electron chi connectivity index (χ0n) is 17.9. The second-order valence-corrected chi connectivity index (χ2v) is 9.96. The van der Waals surface area contributed by atoms with E-state index in [-0.39, 0.29) is 5.92 Å². The van der Waals surface area contributed by atoms with Crippen LogP contribution in [0.1, 0.15) is 36.9 Å². The molecular weight excluding hydrogens is 400 g/mol. The van der Waals surface area contributed by atoms with E-state index < -0.39 is 10.0 Å². The van der Waals surface area contributed by atoms with Crippen LogP contribution in [0.2, 0.25) is 0 Å². The highest BCUT2D eigenvalue weighted by molar-refractivity contribution is 7.88. The smallest absolute Gasteiger partial charge is 0.211 e. The van der Waals surface area contributed by atoms with E-state index in [2.05, 4.69) is 27.9 Å². The summed E-state index contributed by atoms with van der Waals surface area (Å²) < 4.78 is 27.1. The highest BCUT2D eigenvalue weighted by Gasteiger charge is 2.27. The SMILES string of the molecule is CCc1cc(C2CCN(S(C)(=O)=O)CC2)ncc1N(C)c1cc2c(cn1)ncn2C. The van der Waals surface area contributed by atoms with Crippen molar-refractivity contribution < 1.29 is 8.42 Å². The summed E-state index contributed by atoms with van der Waals surface area (Å²) in [7, 11) is 0.865. The number of imidazole rings is 1. The molecule has 4 heterocycles. The first-order valence-corrected chi connectivity index (χ1v) is 12.1. The third kappa shape index (κ3) is 3.91. The van der Waals surface area contributed by atoms with E-state index in [1.165, 1.54) is 11.8 Å². The van der Waals surface area contributed by atoms with Gasteiger partial charge in [-0.2, -0.15) is 0 Å². The largest absolute Gasteiger partial charge is 0.334 e. The Morgan fingerprint density at radius 2 is 1.87 bits per heavy atom. The fourth-order valence-corrected chi connectivity index (χ4v) is 5.00. The van der Waals surface area contributed by atoms with Crippen LogP contribution < -0.4 is 4.90 Å². The van der Waals surface area contributed by atoms with Crippen molar-refractivity contribution in [1.29, 1.82) is 0 Å². The summed E-state index contributed by atoms with van der Waals surface area (Å²) in [5.41, 5.74) is 5.20. The van der Waals surface area contributed by atoms with Crippen LogP contribution in [0.5, 0.6) is 0 Å². The highest BCUT2D eigenvalue weighted by atomic mass is 32.2. The molecule has 0 atom stereocenters. The van der Waals surface area contributed by atoms with Gasteiger partial charge in [0.1, 0.15) is 11.3 Å². The average molecular weight is 429 g/mol. The lowest BCUT2D eigenvalue weighted by atomic mass is 9.92. The molecule has 0 saturated carbocycles. The Bertz CT molecular complexity index is 1170. The number of aryl methyl sites for hydroxylation is 2. The molecule has 3 aromatic rings. The quantitative estimate of drug-likeness (QED) is 0.621. The Kier molecular flexibility index (Phi) is 5.50. The third-order valence-electron chi connectivity index (χ3n) is 6.01. The normalized spacial score (nSPS) is 16.3. The summed E-state index contributed by atoms with van der Waals surface area (Å²) in [6.07, 6.45) is 9.28. The summed E-state index contributed by atoms with van der Waals surface area (Å²) in [4.78, 5) is 15.7. The number of rotatable bonds is 5. The molecule has 8 nitrogen and oxygen atoms in total. The van der Waals surface area contributed by atoms with Gasteiger partial charge in [0.25, 0.3) is 0 Å². The first-order valence-electron chi connectivity index (χ1n) is 10.2. The van der Waals surface area contributed by atoms with Crippen molar-refractivity contribution in [3.8, 4) is 0 Å². The number of piperidine rings is 1. The maximum atomic E-state index is 11.8. The summed E-state index contributed by atoms with van der Waals surface area (Å²) >= 11 is 0. The molecule has 160 valence electrons. The summed E-state index contributed by atoms with van der Waals surface area (Å²) in [5.74, 6) is 1.13. The van der Waals surface area contributed by atoms with Gasteiger partial charge in [-0.25, -0.2) is 22.7 Å². The first kappa shape index (κ1) is 20.7. The number of aromatic nitrogens is 4. The molecule has 0 aliphatic carbocycles. The molecule has 1 saturated heterocycles. The van der Waals surface area contributed by atoms with E-state index >= 15 is 0 Å². The first-order chi connectivity index (χ1) is 14.3. The standard InChI is InChI=1S/C21H28N6O2S/c1-5-15-10-17(16-6-8-27(9-7-16)30(4,28)29)22-13-20(15)26(3)21-11-19-18(12-23-21)24-14-25(19)2/h10-14,16H,5-9H2,1-4H3. The van der Waals surface area contributed by atoms with E-state index in [1.807, 2.05) is 30.9 Å². The second-order valence-electron chi connectivity index (χ2n) is 7.97. The summed E-state index contributed by atoms with van der Waals surface area (Å²) in [5, 5.41) is 0. The molecule has 30 heavy (non-hydrogen) atoms. The van der Waals surface area contributed by atoms with Crippen LogP contribution in [0.3, 0.4) is 0 Å². The van der Waals surface area contributed by atoms with E-state index in [0.29, 0.717) is 13.1 Å². The van der Waals surface area contributed by atoms with Crippen molar-refractivity contribution in [2.24, 2.45) is 7.05 Å². The molecular formula is C21H28N6O2S. The molecule has 0 unspecified atom stereocenters. The fourth-order valence-electron chi connectivity index (χ4n) is 4.13. The fraction of sp³-hybridized carbons (Fsp3) is 0.476. The highest BCUT2D eigenvalue weighted by Crippen LogP contribution is 2.32. The van der Waals surface area contributed by atoms with E-state index in [0.717, 1.165) is 47.5 Å². The number of pyridine rings is 2. The van der Waals surface area contributed by atoms with E-state index in [1.54, 1.807) is 16.8 Å². The van der Waals surface area contributed by atoms with Crippen LogP contribution in [0.4, 0.5) is 11.5 Å². The van der Waals surface area contributed by atoms with Gasteiger partial charge < -0.3 is 9.47 Å². The van der Waals surface area contributed by atoms with Gasteiger partial charge in [0.15, 0.2) is 0 Å². The van der Waals surface area contributed by atoms with Crippen molar-refractivity contribution in [2.45, 2.75) is 32.1 Å². The van der Waals surface area contributed by atoms with Crippen LogP contribution in [-0.2, 0) is 23.5 Å². The number of anilines is 2. The van der Waals surface area contributed by atoms with Gasteiger partial charge in [-0.15, -0.1) is 0 Å². The molecule has 4 rings (SSSR count). The molecule has 0 spiro atoms. The van der Waals surface area contributed by atoms with Crippen molar-refractivity contribution in [3.05, 3.63) is 42.1 Å². The lowest BCUT2D eigenvalue weighted by molar-refractivity contribution is 0.318. The topological polar surface area (TPSA) is 84.2 Å². The minimum atomic E-state index is -3.11. The molecule has 1 fully saturated rings. The second kappa shape index (κ2) is 7.96. The number of fused-ring (bicyclic) bond motifs is 1. The Labute approximate surface area is 177 Å². The zero-order valence-corrected chi connectivity index (χ0v) is 18.7. The number of sulfonamides is 1. The minimum Gasteiger partial charge on any atom is -0.334 e. The Hall–Kier alpha value is -2.52. The molecule has 0 bridgehead atoms. The van der Waals surface area contributed by atoms with Gasteiger partial charge in [-0.1, -0.05) is 6.92 Å². The summed E-state index contributed by atoms with van der Waals surface area (Å²) in [6.45, 7) is 3.26. The van der Waals surface area contributed by atoms with Gasteiger partial charge in [0.05, 0.1) is 36.2 Å². The minimum absolute atomic E-state index is 0.288. The van der Waals surface area contributed by atoms with E-state index in [9.17, 15) is 8.42 Å². The Morgan fingerprint density at radius 1 is 1.13 bits per heavy atom. The molecule has 0 N–H and O–H groups in total. The van der Waals surface area contributed by atoms with Crippen molar-refractivity contribution in [2.75, 3.05) is 31.3 Å². The predicted molar refractivity (Wildman–Crippen MR) is 119 cm³/mol. The number of hydrogen-bond acceptors (Lipinski definition) is 6. The molecule has 0 amide bonds. The molecule has 0 aromatic carbocycles. The van der Waals surface area contributed by atoms with Gasteiger partial charge in [-0.05, 0) is 30.9 Å². The van der Waals surface area contributed by atoms with E-state index in [4.69, 9.17) is 4.98 Å². The number of nitrogens with zero attached hydrogens (tertiary/aromatic N) is 6. The monoisotopic (exact) mass is 428 g/mol. The van der Waals surface area contributed by atoms with Gasteiger partial charge in [0, 0.05) is 44.9 Å². The van der Waals surface area contributed by atoms with Crippen LogP contribution in [0.25, 0.3) is 11.0 Å². The molecule has 9 heteroatoms. The molecule has 3 aromatic heterocycles. The maximum Gasteiger partial charge on any atom is 0.211 e. The van der Waals surface area contributed by atoms with Crippen LogP contribution in [-0.4, -0.2) is 58.6 Å². The van der Waals surface area contributed by atoms with Crippen LogP contribution in [0.15, 0.2) is 30.9 Å². The maximum absolute atomic E-state index is 11.8. The predicted octanol–water partition coefficient (Wildman–Crippen LogP) is 2.83. The van der Waals surface area contributed by atoms with Gasteiger partial charge >= 0.3 is 0 Å². The van der Waals surface area contributed by atoms with Gasteiger partial charge in [0.2, 0.25) is 10.0 Å². The average Bonchev–Trinajstić information content (AvgIpc) is 3.12. The van der Waals surface area contributed by atoms with Crippen molar-refractivity contribution >= 4 is 32.6 Å².